The van der Waals surface area contributed by atoms with E-state index in [-0.39, 0.29) is 17.7 Å². The lowest BCUT2D eigenvalue weighted by molar-refractivity contribution is -0.119. The Morgan fingerprint density at radius 2 is 1.67 bits per heavy atom. The summed E-state index contributed by atoms with van der Waals surface area (Å²) in [7, 11) is 0. The Morgan fingerprint density at radius 3 is 1.92 bits per heavy atom. The van der Waals surface area contributed by atoms with Gasteiger partial charge < -0.3 is 11.5 Å². The van der Waals surface area contributed by atoms with Gasteiger partial charge in [-0.15, -0.1) is 0 Å². The smallest absolute Gasteiger partial charge is 0.219 e. The van der Waals surface area contributed by atoms with Gasteiger partial charge in [-0.25, -0.2) is 0 Å². The molecule has 0 aromatic heterocycles. The Labute approximate surface area is 74.5 Å². The van der Waals surface area contributed by atoms with Gasteiger partial charge in [-0.1, -0.05) is 20.8 Å². The second-order valence-electron chi connectivity index (χ2n) is 5.03. The molecule has 0 saturated carbocycles. The molecule has 0 heterocycles. The van der Waals surface area contributed by atoms with Crippen molar-refractivity contribution in [2.45, 2.75) is 46.1 Å². The van der Waals surface area contributed by atoms with Crippen LogP contribution in [0, 0.1) is 5.41 Å². The van der Waals surface area contributed by atoms with Crippen LogP contribution in [0.1, 0.15) is 40.5 Å². The minimum Gasteiger partial charge on any atom is -0.370 e. The van der Waals surface area contributed by atoms with Crippen molar-refractivity contribution in [1.82, 2.24) is 0 Å². The molecule has 72 valence electrons. The number of rotatable bonds is 3. The van der Waals surface area contributed by atoms with Crippen molar-refractivity contribution in [1.29, 1.82) is 0 Å². The van der Waals surface area contributed by atoms with Crippen molar-refractivity contribution in [2.75, 3.05) is 0 Å². The third kappa shape index (κ3) is 6.16. The molecule has 0 aromatic rings. The van der Waals surface area contributed by atoms with E-state index in [1.807, 2.05) is 6.92 Å². The van der Waals surface area contributed by atoms with Crippen LogP contribution in [0.2, 0.25) is 0 Å². The molecular weight excluding hydrogens is 152 g/mol. The fraction of sp³-hybridized carbons (Fsp3) is 0.889. The van der Waals surface area contributed by atoms with Gasteiger partial charge >= 0.3 is 0 Å². The Kier molecular flexibility index (Phi) is 3.27. The van der Waals surface area contributed by atoms with Crippen LogP contribution in [0.4, 0.5) is 0 Å². The van der Waals surface area contributed by atoms with Crippen molar-refractivity contribution in [3.05, 3.63) is 0 Å². The molecule has 1 atom stereocenters. The SMILES string of the molecule is CC(C)(C)CC(C)(N)CC(N)=O. The predicted molar refractivity (Wildman–Crippen MR) is 50.5 cm³/mol. The molecule has 0 radical (unpaired) electrons. The van der Waals surface area contributed by atoms with Gasteiger partial charge in [0.1, 0.15) is 0 Å². The molecule has 0 spiro atoms. The lowest BCUT2D eigenvalue weighted by Crippen LogP contribution is -2.43. The first-order valence-electron chi connectivity index (χ1n) is 4.20. The Hall–Kier alpha value is -0.570. The van der Waals surface area contributed by atoms with Gasteiger partial charge in [-0.2, -0.15) is 0 Å². The first-order chi connectivity index (χ1) is 5.12. The number of carbonyl (C=O) groups excluding carboxylic acids is 1. The number of nitrogens with two attached hydrogens (primary N) is 2. The molecule has 0 bridgehead atoms. The van der Waals surface area contributed by atoms with Crippen LogP contribution in [0.15, 0.2) is 0 Å². The van der Waals surface area contributed by atoms with E-state index < -0.39 is 5.54 Å². The third-order valence-corrected chi connectivity index (χ3v) is 1.51. The van der Waals surface area contributed by atoms with E-state index in [0.717, 1.165) is 6.42 Å². The largest absolute Gasteiger partial charge is 0.370 e. The highest BCUT2D eigenvalue weighted by Crippen LogP contribution is 2.27. The highest BCUT2D eigenvalue weighted by atomic mass is 16.1. The standard InChI is InChI=1S/C9H20N2O/c1-8(2,3)6-9(4,11)5-7(10)12/h5-6,11H2,1-4H3,(H2,10,12). The van der Waals surface area contributed by atoms with E-state index in [1.165, 1.54) is 0 Å². The second-order valence-corrected chi connectivity index (χ2v) is 5.03. The zero-order valence-electron chi connectivity index (χ0n) is 8.48. The molecule has 12 heavy (non-hydrogen) atoms. The monoisotopic (exact) mass is 172 g/mol. The molecule has 0 aromatic carbocycles. The van der Waals surface area contributed by atoms with Crippen LogP contribution in [0.5, 0.6) is 0 Å². The summed E-state index contributed by atoms with van der Waals surface area (Å²) in [6.45, 7) is 8.15. The Balaban J connectivity index is 4.13. The van der Waals surface area contributed by atoms with Gasteiger partial charge in [-0.05, 0) is 18.8 Å². The zero-order chi connectivity index (χ0) is 9.99. The van der Waals surface area contributed by atoms with E-state index in [1.54, 1.807) is 0 Å². The van der Waals surface area contributed by atoms with Crippen molar-refractivity contribution in [3.63, 3.8) is 0 Å². The van der Waals surface area contributed by atoms with E-state index in [4.69, 9.17) is 11.5 Å². The molecule has 4 N–H and O–H groups in total. The van der Waals surface area contributed by atoms with Gasteiger partial charge in [0.05, 0.1) is 0 Å². The Morgan fingerprint density at radius 1 is 1.25 bits per heavy atom. The van der Waals surface area contributed by atoms with Crippen molar-refractivity contribution in [2.24, 2.45) is 16.9 Å². The van der Waals surface area contributed by atoms with Gasteiger partial charge in [0.15, 0.2) is 0 Å². The summed E-state index contributed by atoms with van der Waals surface area (Å²) in [6, 6.07) is 0. The van der Waals surface area contributed by atoms with E-state index in [0.29, 0.717) is 0 Å². The molecule has 0 fully saturated rings. The van der Waals surface area contributed by atoms with Crippen molar-refractivity contribution < 1.29 is 4.79 Å². The molecule has 0 saturated heterocycles. The number of amides is 1. The maximum Gasteiger partial charge on any atom is 0.219 e. The highest BCUT2D eigenvalue weighted by Gasteiger charge is 2.27. The van der Waals surface area contributed by atoms with Crippen molar-refractivity contribution >= 4 is 5.91 Å². The average Bonchev–Trinajstić information content (AvgIpc) is 1.48. The quantitative estimate of drug-likeness (QED) is 0.667. The van der Waals surface area contributed by atoms with Gasteiger partial charge in [0, 0.05) is 12.0 Å². The van der Waals surface area contributed by atoms with Crippen LogP contribution in [-0.2, 0) is 4.79 Å². The maximum absolute atomic E-state index is 10.6. The number of primary amides is 1. The Bertz CT molecular complexity index is 168. The normalized spacial score (nSPS) is 17.1. The topological polar surface area (TPSA) is 69.1 Å². The van der Waals surface area contributed by atoms with Crippen LogP contribution in [-0.4, -0.2) is 11.4 Å². The number of hydrogen-bond donors (Lipinski definition) is 2. The van der Waals surface area contributed by atoms with Gasteiger partial charge in [0.25, 0.3) is 0 Å². The molecule has 0 rings (SSSR count). The first kappa shape index (κ1) is 11.4. The number of carbonyl (C=O) groups is 1. The molecule has 1 unspecified atom stereocenters. The first-order valence-corrected chi connectivity index (χ1v) is 4.20. The average molecular weight is 172 g/mol. The third-order valence-electron chi connectivity index (χ3n) is 1.51. The minimum absolute atomic E-state index is 0.138. The summed E-state index contributed by atoms with van der Waals surface area (Å²) in [5, 5.41) is 0. The molecular formula is C9H20N2O. The van der Waals surface area contributed by atoms with Crippen LogP contribution >= 0.6 is 0 Å². The van der Waals surface area contributed by atoms with Crippen LogP contribution < -0.4 is 11.5 Å². The van der Waals surface area contributed by atoms with E-state index in [2.05, 4.69) is 20.8 Å². The second kappa shape index (κ2) is 3.44. The molecule has 0 aliphatic rings. The van der Waals surface area contributed by atoms with Gasteiger partial charge in [-0.3, -0.25) is 4.79 Å². The predicted octanol–water partition coefficient (Wildman–Crippen LogP) is 1.02. The summed E-state index contributed by atoms with van der Waals surface area (Å²) in [5.41, 5.74) is 10.7. The lowest BCUT2D eigenvalue weighted by Gasteiger charge is -2.31. The van der Waals surface area contributed by atoms with Gasteiger partial charge in [0.2, 0.25) is 5.91 Å². The summed E-state index contributed by atoms with van der Waals surface area (Å²) in [6.07, 6.45) is 1.05. The summed E-state index contributed by atoms with van der Waals surface area (Å²) < 4.78 is 0. The molecule has 0 aliphatic heterocycles. The molecule has 3 heteroatoms. The summed E-state index contributed by atoms with van der Waals surface area (Å²) in [4.78, 5) is 10.6. The minimum atomic E-state index is -0.468. The summed E-state index contributed by atoms with van der Waals surface area (Å²) in [5.74, 6) is -0.329. The van der Waals surface area contributed by atoms with Crippen LogP contribution in [0.3, 0.4) is 0 Å². The molecule has 0 aliphatic carbocycles. The van der Waals surface area contributed by atoms with E-state index in [9.17, 15) is 4.79 Å². The van der Waals surface area contributed by atoms with Crippen LogP contribution in [0.25, 0.3) is 0 Å². The number of hydrogen-bond acceptors (Lipinski definition) is 2. The fourth-order valence-corrected chi connectivity index (χ4v) is 1.67. The van der Waals surface area contributed by atoms with E-state index >= 15 is 0 Å². The zero-order valence-corrected chi connectivity index (χ0v) is 8.48. The molecule has 3 nitrogen and oxygen atoms in total. The molecule has 1 amide bonds. The highest BCUT2D eigenvalue weighted by molar-refractivity contribution is 5.75. The lowest BCUT2D eigenvalue weighted by atomic mass is 9.79. The summed E-state index contributed by atoms with van der Waals surface area (Å²) >= 11 is 0. The maximum atomic E-state index is 10.6. The van der Waals surface area contributed by atoms with Crippen molar-refractivity contribution in [3.8, 4) is 0 Å². The fourth-order valence-electron chi connectivity index (χ4n) is 1.67.